The Morgan fingerprint density at radius 2 is 1.90 bits per heavy atom. The molecular formula is C24H29FN2O3. The first-order valence-corrected chi connectivity index (χ1v) is 10.4. The fraction of sp³-hybridized carbons (Fsp3) is 0.417. The normalized spacial score (nSPS) is 16.6. The standard InChI is InChI=1S/C24H29FN2O3/c1-5-22(24(29)26(4)6-2)30-20-12-9-17-13-14-27(16(3)28)23(21(17)15-20)18-7-10-19(25)11-8-18/h7-12,15,22-23H,5-6,13-14H2,1-4H3/t22-,23+/m0/s1. The van der Waals surface area contributed by atoms with E-state index in [2.05, 4.69) is 0 Å². The predicted molar refractivity (Wildman–Crippen MR) is 114 cm³/mol. The number of halogens is 1. The highest BCUT2D eigenvalue weighted by Crippen LogP contribution is 2.37. The largest absolute Gasteiger partial charge is 0.481 e. The Morgan fingerprint density at radius 1 is 1.20 bits per heavy atom. The van der Waals surface area contributed by atoms with Crippen molar-refractivity contribution in [2.24, 2.45) is 0 Å². The van der Waals surface area contributed by atoms with E-state index in [1.165, 1.54) is 12.1 Å². The molecule has 0 radical (unpaired) electrons. The predicted octanol–water partition coefficient (Wildman–Crippen LogP) is 3.96. The Labute approximate surface area is 177 Å². The van der Waals surface area contributed by atoms with Gasteiger partial charge >= 0.3 is 0 Å². The van der Waals surface area contributed by atoms with Gasteiger partial charge in [0.25, 0.3) is 5.91 Å². The third-order valence-electron chi connectivity index (χ3n) is 5.71. The highest BCUT2D eigenvalue weighted by atomic mass is 19.1. The van der Waals surface area contributed by atoms with Crippen LogP contribution in [0.4, 0.5) is 4.39 Å². The highest BCUT2D eigenvalue weighted by molar-refractivity contribution is 5.81. The first-order chi connectivity index (χ1) is 14.3. The van der Waals surface area contributed by atoms with Gasteiger partial charge in [0.05, 0.1) is 6.04 Å². The van der Waals surface area contributed by atoms with Gasteiger partial charge in [-0.2, -0.15) is 0 Å². The first-order valence-electron chi connectivity index (χ1n) is 10.4. The van der Waals surface area contributed by atoms with E-state index in [-0.39, 0.29) is 23.7 Å². The number of carbonyl (C=O) groups excluding carboxylic acids is 2. The van der Waals surface area contributed by atoms with Crippen LogP contribution in [0.3, 0.4) is 0 Å². The summed E-state index contributed by atoms with van der Waals surface area (Å²) in [5.74, 6) is 0.187. The van der Waals surface area contributed by atoms with Crippen molar-refractivity contribution in [3.05, 3.63) is 65.0 Å². The number of ether oxygens (including phenoxy) is 1. The molecule has 5 nitrogen and oxygen atoms in total. The number of hydrogen-bond donors (Lipinski definition) is 0. The molecule has 0 aromatic heterocycles. The van der Waals surface area contributed by atoms with Gasteiger partial charge in [0, 0.05) is 27.1 Å². The second-order valence-corrected chi connectivity index (χ2v) is 7.64. The summed E-state index contributed by atoms with van der Waals surface area (Å²) in [6, 6.07) is 11.7. The van der Waals surface area contributed by atoms with E-state index >= 15 is 0 Å². The minimum Gasteiger partial charge on any atom is -0.481 e. The topological polar surface area (TPSA) is 49.9 Å². The van der Waals surface area contributed by atoms with Crippen molar-refractivity contribution in [1.82, 2.24) is 9.80 Å². The Hall–Kier alpha value is -2.89. The zero-order valence-electron chi connectivity index (χ0n) is 18.0. The molecule has 0 unspecified atom stereocenters. The minimum atomic E-state index is -0.565. The molecule has 0 N–H and O–H groups in total. The molecule has 3 rings (SSSR count). The van der Waals surface area contributed by atoms with E-state index in [4.69, 9.17) is 4.74 Å². The average Bonchev–Trinajstić information content (AvgIpc) is 2.76. The van der Waals surface area contributed by atoms with Crippen molar-refractivity contribution >= 4 is 11.8 Å². The third kappa shape index (κ3) is 4.48. The zero-order valence-corrected chi connectivity index (χ0v) is 18.0. The van der Waals surface area contributed by atoms with Crippen molar-refractivity contribution in [3.63, 3.8) is 0 Å². The van der Waals surface area contributed by atoms with E-state index in [0.29, 0.717) is 25.3 Å². The molecule has 0 spiro atoms. The summed E-state index contributed by atoms with van der Waals surface area (Å²) >= 11 is 0. The lowest BCUT2D eigenvalue weighted by molar-refractivity contribution is -0.137. The maximum atomic E-state index is 13.5. The maximum Gasteiger partial charge on any atom is 0.263 e. The molecule has 1 heterocycles. The second-order valence-electron chi connectivity index (χ2n) is 7.64. The fourth-order valence-electron chi connectivity index (χ4n) is 3.88. The molecule has 0 saturated carbocycles. The summed E-state index contributed by atoms with van der Waals surface area (Å²) in [6.45, 7) is 6.61. The van der Waals surface area contributed by atoms with Gasteiger partial charge in [-0.1, -0.05) is 25.1 Å². The van der Waals surface area contributed by atoms with Crippen LogP contribution in [0.15, 0.2) is 42.5 Å². The molecule has 6 heteroatoms. The molecule has 160 valence electrons. The van der Waals surface area contributed by atoms with Crippen LogP contribution < -0.4 is 4.74 Å². The van der Waals surface area contributed by atoms with Gasteiger partial charge < -0.3 is 14.5 Å². The third-order valence-corrected chi connectivity index (χ3v) is 5.71. The number of nitrogens with zero attached hydrogens (tertiary/aromatic N) is 2. The number of benzene rings is 2. The molecule has 2 amide bonds. The van der Waals surface area contributed by atoms with E-state index in [9.17, 15) is 14.0 Å². The number of fused-ring (bicyclic) bond motifs is 1. The van der Waals surface area contributed by atoms with E-state index in [1.807, 2.05) is 32.0 Å². The zero-order chi connectivity index (χ0) is 21.8. The number of likely N-dealkylation sites (N-methyl/N-ethyl adjacent to an activating group) is 1. The van der Waals surface area contributed by atoms with Crippen LogP contribution in [-0.4, -0.2) is 47.9 Å². The van der Waals surface area contributed by atoms with Gasteiger partial charge in [-0.15, -0.1) is 0 Å². The van der Waals surface area contributed by atoms with Crippen LogP contribution in [0, 0.1) is 5.82 Å². The quantitative estimate of drug-likeness (QED) is 0.722. The van der Waals surface area contributed by atoms with Gasteiger partial charge in [0.15, 0.2) is 6.10 Å². The van der Waals surface area contributed by atoms with Gasteiger partial charge in [0.2, 0.25) is 5.91 Å². The van der Waals surface area contributed by atoms with Gasteiger partial charge in [-0.3, -0.25) is 9.59 Å². The summed E-state index contributed by atoms with van der Waals surface area (Å²) in [6.07, 6.45) is 0.729. The van der Waals surface area contributed by atoms with E-state index in [0.717, 1.165) is 23.1 Å². The van der Waals surface area contributed by atoms with Crippen LogP contribution in [-0.2, 0) is 16.0 Å². The van der Waals surface area contributed by atoms with E-state index in [1.54, 1.807) is 35.9 Å². The number of amides is 2. The lowest BCUT2D eigenvalue weighted by atomic mass is 9.88. The molecule has 2 atom stereocenters. The van der Waals surface area contributed by atoms with Gasteiger partial charge in [-0.05, 0) is 60.7 Å². The smallest absolute Gasteiger partial charge is 0.263 e. The van der Waals surface area contributed by atoms with Gasteiger partial charge in [0.1, 0.15) is 11.6 Å². The molecule has 0 saturated heterocycles. The molecule has 0 aliphatic carbocycles. The number of hydrogen-bond acceptors (Lipinski definition) is 3. The minimum absolute atomic E-state index is 0.0347. The lowest BCUT2D eigenvalue weighted by Gasteiger charge is -2.37. The Kier molecular flexibility index (Phi) is 6.75. The highest BCUT2D eigenvalue weighted by Gasteiger charge is 2.31. The molecule has 0 fully saturated rings. The fourth-order valence-corrected chi connectivity index (χ4v) is 3.88. The summed E-state index contributed by atoms with van der Waals surface area (Å²) in [7, 11) is 1.76. The van der Waals surface area contributed by atoms with Crippen LogP contribution in [0.5, 0.6) is 5.75 Å². The summed E-state index contributed by atoms with van der Waals surface area (Å²) in [5, 5.41) is 0. The SMILES string of the molecule is CC[C@H](Oc1ccc2c(c1)[C@@H](c1ccc(F)cc1)N(C(C)=O)CC2)C(=O)N(C)CC. The molecule has 2 aromatic rings. The molecular weight excluding hydrogens is 383 g/mol. The number of carbonyl (C=O) groups is 2. The average molecular weight is 413 g/mol. The summed E-state index contributed by atoms with van der Waals surface area (Å²) < 4.78 is 19.5. The van der Waals surface area contributed by atoms with Crippen molar-refractivity contribution in [2.45, 2.75) is 45.8 Å². The second kappa shape index (κ2) is 9.28. The summed E-state index contributed by atoms with van der Waals surface area (Å²) in [5.41, 5.74) is 2.92. The monoisotopic (exact) mass is 412 g/mol. The first kappa shape index (κ1) is 21.8. The Morgan fingerprint density at radius 3 is 2.50 bits per heavy atom. The van der Waals surface area contributed by atoms with Crippen LogP contribution >= 0.6 is 0 Å². The molecule has 1 aliphatic heterocycles. The molecule has 1 aliphatic rings. The van der Waals surface area contributed by atoms with Crippen LogP contribution in [0.2, 0.25) is 0 Å². The lowest BCUT2D eigenvalue weighted by Crippen LogP contribution is -2.40. The van der Waals surface area contributed by atoms with Crippen LogP contribution in [0.25, 0.3) is 0 Å². The Bertz CT molecular complexity index is 913. The molecule has 0 bridgehead atoms. The molecule has 2 aromatic carbocycles. The number of rotatable bonds is 6. The molecule has 30 heavy (non-hydrogen) atoms. The van der Waals surface area contributed by atoms with Crippen molar-refractivity contribution in [3.8, 4) is 5.75 Å². The van der Waals surface area contributed by atoms with Crippen molar-refractivity contribution < 1.29 is 18.7 Å². The van der Waals surface area contributed by atoms with Gasteiger partial charge in [-0.25, -0.2) is 4.39 Å². The maximum absolute atomic E-state index is 13.5. The van der Waals surface area contributed by atoms with E-state index < -0.39 is 6.10 Å². The van der Waals surface area contributed by atoms with Crippen molar-refractivity contribution in [2.75, 3.05) is 20.1 Å². The Balaban J connectivity index is 1.98. The summed E-state index contributed by atoms with van der Waals surface area (Å²) in [4.78, 5) is 28.3. The van der Waals surface area contributed by atoms with Crippen molar-refractivity contribution in [1.29, 1.82) is 0 Å². The van der Waals surface area contributed by atoms with Crippen LogP contribution in [0.1, 0.15) is 49.9 Å².